The molecule has 0 aliphatic heterocycles. The number of nitrogen functional groups attached to an aromatic ring is 2. The van der Waals surface area contributed by atoms with Gasteiger partial charge in [0.2, 0.25) is 0 Å². The molecule has 7 aromatic rings. The molecule has 242 valence electrons. The lowest BCUT2D eigenvalue weighted by molar-refractivity contribution is 0.801. The molecule has 0 saturated carbocycles. The second kappa shape index (κ2) is 12.7. The topological polar surface area (TPSA) is 252 Å². The highest BCUT2D eigenvalue weighted by atomic mass is 15.4. The maximum absolute atomic E-state index is 9.62. The molecular weight excluding hydrogens is 640 g/mol. The number of aromatic nitrogens is 12. The van der Waals surface area contributed by atoms with E-state index >= 15 is 0 Å². The van der Waals surface area contributed by atoms with Gasteiger partial charge in [-0.1, -0.05) is 12.1 Å². The van der Waals surface area contributed by atoms with Gasteiger partial charge in [-0.25, -0.2) is 29.5 Å². The summed E-state index contributed by atoms with van der Waals surface area (Å²) in [5, 5.41) is 44.3. The molecule has 0 fully saturated rings. The third kappa shape index (κ3) is 5.41. The van der Waals surface area contributed by atoms with Crippen LogP contribution in [-0.4, -0.2) is 59.1 Å². The van der Waals surface area contributed by atoms with Crippen molar-refractivity contribution in [1.82, 2.24) is 59.1 Å². The van der Waals surface area contributed by atoms with Crippen LogP contribution >= 0.6 is 0 Å². The van der Waals surface area contributed by atoms with E-state index in [-0.39, 0.29) is 57.5 Å². The van der Waals surface area contributed by atoms with Crippen LogP contribution in [0.4, 0.5) is 40.3 Å². The van der Waals surface area contributed by atoms with E-state index in [1.54, 1.807) is 68.7 Å². The molecular formula is C30H22N20. The van der Waals surface area contributed by atoms with Crippen LogP contribution in [-0.2, 0) is 0 Å². The highest BCUT2D eigenvalue weighted by Crippen LogP contribution is 2.35. The zero-order valence-corrected chi connectivity index (χ0v) is 26.1. The van der Waals surface area contributed by atoms with Crippen LogP contribution in [0.15, 0.2) is 94.0 Å². The standard InChI is InChI=1S/C30H22N20/c1-17-25(41-43-29-19(13-31)14-39-49(29)21-8-4-6-10-35-21)27(32)47(45-17)23-12-24(38-16-37-23)48-28(33)26(18(2)46-48)42-44-30-20(34-3)15-40-50(30)22-9-5-7-11-36-22/h4-12,14-16H,32-33H2,1-2H3. The normalized spacial score (nSPS) is 11.4. The zero-order chi connectivity index (χ0) is 34.8. The zero-order valence-electron chi connectivity index (χ0n) is 26.1. The van der Waals surface area contributed by atoms with E-state index in [9.17, 15) is 5.26 Å². The number of anilines is 2. The molecule has 0 amide bonds. The van der Waals surface area contributed by atoms with Crippen molar-refractivity contribution in [2.24, 2.45) is 20.5 Å². The molecule has 0 saturated heterocycles. The number of pyridine rings is 2. The van der Waals surface area contributed by atoms with Crippen LogP contribution in [0, 0.1) is 31.8 Å². The average Bonchev–Trinajstić information content (AvgIpc) is 3.90. The van der Waals surface area contributed by atoms with Crippen LogP contribution in [0.25, 0.3) is 28.1 Å². The molecule has 0 unspecified atom stereocenters. The Labute approximate surface area is 281 Å². The molecule has 0 aliphatic rings. The second-order valence-electron chi connectivity index (χ2n) is 10.3. The summed E-state index contributed by atoms with van der Waals surface area (Å²) in [6.07, 6.45) is 7.27. The van der Waals surface area contributed by atoms with Crippen molar-refractivity contribution < 1.29 is 0 Å². The van der Waals surface area contributed by atoms with E-state index in [2.05, 4.69) is 71.7 Å². The summed E-state index contributed by atoms with van der Waals surface area (Å²) in [4.78, 5) is 20.7. The van der Waals surface area contributed by atoms with Gasteiger partial charge in [0.25, 0.3) is 5.69 Å². The fraction of sp³-hybridized carbons (Fsp3) is 0.0667. The molecule has 0 aromatic carbocycles. The molecule has 7 rings (SSSR count). The van der Waals surface area contributed by atoms with E-state index in [0.29, 0.717) is 23.0 Å². The number of hydrogen-bond acceptors (Lipinski definition) is 15. The first-order valence-corrected chi connectivity index (χ1v) is 14.5. The Balaban J connectivity index is 1.20. The van der Waals surface area contributed by atoms with Gasteiger partial charge < -0.3 is 11.5 Å². The van der Waals surface area contributed by atoms with Crippen molar-refractivity contribution in [2.45, 2.75) is 13.8 Å². The Bertz CT molecular complexity index is 2330. The highest BCUT2D eigenvalue weighted by Gasteiger charge is 2.20. The van der Waals surface area contributed by atoms with Crippen molar-refractivity contribution in [3.63, 3.8) is 0 Å². The molecule has 4 N–H and O–H groups in total. The summed E-state index contributed by atoms with van der Waals surface area (Å²) in [5.74, 6) is 2.09. The number of nitrogens with two attached hydrogens (primary N) is 2. The van der Waals surface area contributed by atoms with Crippen molar-refractivity contribution >= 4 is 40.3 Å². The predicted molar refractivity (Wildman–Crippen MR) is 177 cm³/mol. The second-order valence-corrected chi connectivity index (χ2v) is 10.3. The van der Waals surface area contributed by atoms with Crippen molar-refractivity contribution in [2.75, 3.05) is 11.5 Å². The van der Waals surface area contributed by atoms with Crippen LogP contribution in [0.3, 0.4) is 0 Å². The SMILES string of the molecule is [C-]#[N+]c1cnn(-c2ccccn2)c1N=Nc1c(C)nn(-c2cc(-n3nc(C)c(N=Nc4c(C#N)cnn4-c4ccccn4)c3N)ncn2)c1N. The van der Waals surface area contributed by atoms with Crippen LogP contribution < -0.4 is 11.5 Å². The lowest BCUT2D eigenvalue weighted by Crippen LogP contribution is -2.09. The summed E-state index contributed by atoms with van der Waals surface area (Å²) in [5.41, 5.74) is 14.7. The van der Waals surface area contributed by atoms with Gasteiger partial charge in [-0.15, -0.1) is 20.5 Å². The highest BCUT2D eigenvalue weighted by molar-refractivity contribution is 5.67. The summed E-state index contributed by atoms with van der Waals surface area (Å²) >= 11 is 0. The molecule has 0 bridgehead atoms. The van der Waals surface area contributed by atoms with E-state index in [0.717, 1.165) is 0 Å². The monoisotopic (exact) mass is 662 g/mol. The number of hydrogen-bond donors (Lipinski definition) is 2. The Morgan fingerprint density at radius 2 is 1.24 bits per heavy atom. The fourth-order valence-electron chi connectivity index (χ4n) is 4.75. The quantitative estimate of drug-likeness (QED) is 0.161. The van der Waals surface area contributed by atoms with Crippen LogP contribution in [0.5, 0.6) is 0 Å². The summed E-state index contributed by atoms with van der Waals surface area (Å²) in [6, 6.07) is 14.2. The largest absolute Gasteiger partial charge is 0.382 e. The lowest BCUT2D eigenvalue weighted by atomic mass is 10.3. The van der Waals surface area contributed by atoms with Gasteiger partial charge in [0.15, 0.2) is 57.9 Å². The minimum Gasteiger partial charge on any atom is -0.382 e. The Morgan fingerprint density at radius 3 is 1.76 bits per heavy atom. The van der Waals surface area contributed by atoms with E-state index < -0.39 is 0 Å². The molecule has 7 heterocycles. The van der Waals surface area contributed by atoms with E-state index in [1.807, 2.05) is 0 Å². The minimum atomic E-state index is 0.123. The molecule has 0 aliphatic carbocycles. The third-order valence-corrected chi connectivity index (χ3v) is 7.13. The van der Waals surface area contributed by atoms with Gasteiger partial charge in [-0.2, -0.15) is 39.7 Å². The van der Waals surface area contributed by atoms with Crippen molar-refractivity contribution in [1.29, 1.82) is 5.26 Å². The number of nitrogens with zero attached hydrogens (tertiary/aromatic N) is 18. The summed E-state index contributed by atoms with van der Waals surface area (Å²) in [7, 11) is 0. The van der Waals surface area contributed by atoms with Crippen molar-refractivity contribution in [3.8, 4) is 29.3 Å². The molecule has 20 heteroatoms. The summed E-state index contributed by atoms with van der Waals surface area (Å²) in [6.45, 7) is 10.9. The van der Waals surface area contributed by atoms with Gasteiger partial charge in [0.05, 0.1) is 30.4 Å². The van der Waals surface area contributed by atoms with Gasteiger partial charge in [-0.05, 0) is 38.1 Å². The minimum absolute atomic E-state index is 0.123. The molecule has 0 radical (unpaired) electrons. The van der Waals surface area contributed by atoms with Crippen LogP contribution in [0.2, 0.25) is 0 Å². The first-order valence-electron chi connectivity index (χ1n) is 14.5. The van der Waals surface area contributed by atoms with Crippen LogP contribution in [0.1, 0.15) is 17.0 Å². The molecule has 0 atom stereocenters. The smallest absolute Gasteiger partial charge is 0.252 e. The van der Waals surface area contributed by atoms with Crippen molar-refractivity contribution in [3.05, 3.63) is 102 Å². The first kappa shape index (κ1) is 30.6. The Kier molecular flexibility index (Phi) is 7.76. The Hall–Kier alpha value is -8.00. The van der Waals surface area contributed by atoms with Gasteiger partial charge >= 0.3 is 0 Å². The third-order valence-electron chi connectivity index (χ3n) is 7.13. The van der Waals surface area contributed by atoms with E-state index in [1.165, 1.54) is 37.4 Å². The fourth-order valence-corrected chi connectivity index (χ4v) is 4.75. The summed E-state index contributed by atoms with van der Waals surface area (Å²) < 4.78 is 5.55. The Morgan fingerprint density at radius 1 is 0.700 bits per heavy atom. The van der Waals surface area contributed by atoms with E-state index in [4.69, 9.17) is 18.0 Å². The molecule has 20 nitrogen and oxygen atoms in total. The average molecular weight is 663 g/mol. The molecule has 50 heavy (non-hydrogen) atoms. The number of azo groups is 2. The molecule has 0 spiro atoms. The maximum atomic E-state index is 9.62. The van der Waals surface area contributed by atoms with Gasteiger partial charge in [0, 0.05) is 18.5 Å². The first-order chi connectivity index (χ1) is 24.4. The van der Waals surface area contributed by atoms with Gasteiger partial charge in [-0.3, -0.25) is 0 Å². The maximum Gasteiger partial charge on any atom is 0.252 e. The number of nitriles is 1. The predicted octanol–water partition coefficient (Wildman–Crippen LogP) is 5.04. The number of aryl methyl sites for hydroxylation is 2. The number of rotatable bonds is 8. The van der Waals surface area contributed by atoms with Gasteiger partial charge in [0.1, 0.15) is 18.0 Å². The molecule has 7 aromatic heterocycles. The lowest BCUT2D eigenvalue weighted by Gasteiger charge is -2.06.